The Labute approximate surface area is 162 Å². The zero-order valence-electron chi connectivity index (χ0n) is 14.4. The fourth-order valence-electron chi connectivity index (χ4n) is 3.25. The van der Waals surface area contributed by atoms with Crippen molar-refractivity contribution >= 4 is 34.7 Å². The normalized spacial score (nSPS) is 19.7. The molecule has 0 spiro atoms. The molecule has 1 atom stereocenters. The summed E-state index contributed by atoms with van der Waals surface area (Å²) in [7, 11) is 0. The van der Waals surface area contributed by atoms with Crippen molar-refractivity contribution in [1.29, 1.82) is 0 Å². The van der Waals surface area contributed by atoms with E-state index in [-0.39, 0.29) is 0 Å². The summed E-state index contributed by atoms with van der Waals surface area (Å²) in [5, 5.41) is 0. The van der Waals surface area contributed by atoms with Crippen LogP contribution in [-0.4, -0.2) is 11.7 Å². The van der Waals surface area contributed by atoms with Crippen molar-refractivity contribution in [2.24, 2.45) is 0 Å². The van der Waals surface area contributed by atoms with Crippen LogP contribution in [0, 0.1) is 0 Å². The molecule has 0 fully saturated rings. The highest BCUT2D eigenvalue weighted by molar-refractivity contribution is 6.52. The van der Waals surface area contributed by atoms with Gasteiger partial charge in [0.2, 0.25) is 4.87 Å². The van der Waals surface area contributed by atoms with Crippen LogP contribution in [0.5, 0.6) is 0 Å². The Morgan fingerprint density at radius 3 is 1.81 bits per heavy atom. The molecular weight excluding hydrogens is 358 g/mol. The van der Waals surface area contributed by atoms with Crippen LogP contribution in [0.1, 0.15) is 11.1 Å². The number of benzene rings is 3. The first-order valence-corrected chi connectivity index (χ1v) is 8.96. The van der Waals surface area contributed by atoms with E-state index in [0.717, 1.165) is 5.56 Å². The first-order valence-electron chi connectivity index (χ1n) is 8.58. The van der Waals surface area contributed by atoms with Gasteiger partial charge >= 0.3 is 0 Å². The lowest BCUT2D eigenvalue weighted by Gasteiger charge is -2.37. The highest BCUT2D eigenvalue weighted by Crippen LogP contribution is 2.42. The largest absolute Gasteiger partial charge is 0.292 e. The number of carbonyl (C=O) groups excluding carboxylic acids is 2. The quantitative estimate of drug-likeness (QED) is 0.489. The number of amides is 1. The molecule has 1 amide bonds. The predicted octanol–water partition coefficient (Wildman–Crippen LogP) is 4.78. The van der Waals surface area contributed by atoms with Gasteiger partial charge in [-0.25, -0.2) is 0 Å². The third kappa shape index (κ3) is 2.86. The number of hydrogen-bond acceptors (Lipinski definition) is 2. The van der Waals surface area contributed by atoms with Crippen LogP contribution in [0.15, 0.2) is 97.1 Å². The molecule has 1 heterocycles. The van der Waals surface area contributed by atoms with Gasteiger partial charge in [-0.1, -0.05) is 90.5 Å². The Bertz CT molecular complexity index is 1020. The number of ketones is 1. The van der Waals surface area contributed by atoms with Gasteiger partial charge in [-0.15, -0.1) is 0 Å². The predicted molar refractivity (Wildman–Crippen MR) is 107 cm³/mol. The minimum atomic E-state index is -1.78. The SMILES string of the molecule is O=C1C=C(c2ccccc2)N(c2ccccc2)C(=O)[C@@]1(Cl)c1ccccc1. The zero-order valence-corrected chi connectivity index (χ0v) is 15.1. The molecular formula is C23H16ClNO2. The number of halogens is 1. The van der Waals surface area contributed by atoms with Crippen LogP contribution >= 0.6 is 11.6 Å². The fraction of sp³-hybridized carbons (Fsp3) is 0.0435. The molecule has 1 aliphatic heterocycles. The molecule has 1 aliphatic rings. The Hall–Kier alpha value is -3.17. The fourth-order valence-corrected chi connectivity index (χ4v) is 3.51. The third-order valence-corrected chi connectivity index (χ3v) is 5.17. The molecule has 3 aromatic carbocycles. The van der Waals surface area contributed by atoms with E-state index in [2.05, 4.69) is 0 Å². The topological polar surface area (TPSA) is 37.4 Å². The van der Waals surface area contributed by atoms with Crippen LogP contribution in [0.4, 0.5) is 5.69 Å². The smallest absolute Gasteiger partial charge is 0.265 e. The first-order chi connectivity index (χ1) is 13.1. The summed E-state index contributed by atoms with van der Waals surface area (Å²) >= 11 is 6.71. The molecule has 4 rings (SSSR count). The average Bonchev–Trinajstić information content (AvgIpc) is 2.73. The maximum absolute atomic E-state index is 13.6. The van der Waals surface area contributed by atoms with Gasteiger partial charge in [0.25, 0.3) is 5.91 Å². The Morgan fingerprint density at radius 1 is 0.704 bits per heavy atom. The number of allylic oxidation sites excluding steroid dienone is 1. The average molecular weight is 374 g/mol. The number of carbonyl (C=O) groups is 2. The van der Waals surface area contributed by atoms with Gasteiger partial charge in [-0.3, -0.25) is 14.5 Å². The van der Waals surface area contributed by atoms with Gasteiger partial charge < -0.3 is 0 Å². The Morgan fingerprint density at radius 2 is 1.22 bits per heavy atom. The van der Waals surface area contributed by atoms with E-state index in [0.29, 0.717) is 16.9 Å². The summed E-state index contributed by atoms with van der Waals surface area (Å²) in [4.78, 5) is 26.3. The number of rotatable bonds is 3. The number of para-hydroxylation sites is 1. The van der Waals surface area contributed by atoms with Gasteiger partial charge in [0.1, 0.15) is 0 Å². The zero-order chi connectivity index (χ0) is 18.9. The van der Waals surface area contributed by atoms with Crippen LogP contribution < -0.4 is 4.90 Å². The molecule has 0 aromatic heterocycles. The molecule has 0 saturated heterocycles. The van der Waals surface area contributed by atoms with Gasteiger partial charge in [-0.05, 0) is 23.3 Å². The highest BCUT2D eigenvalue weighted by atomic mass is 35.5. The summed E-state index contributed by atoms with van der Waals surface area (Å²) in [6, 6.07) is 27.3. The van der Waals surface area contributed by atoms with Crippen molar-refractivity contribution in [3.05, 3.63) is 108 Å². The van der Waals surface area contributed by atoms with E-state index in [1.165, 1.54) is 11.0 Å². The van der Waals surface area contributed by atoms with E-state index in [1.54, 1.807) is 24.3 Å². The molecule has 27 heavy (non-hydrogen) atoms. The number of nitrogens with zero attached hydrogens (tertiary/aromatic N) is 1. The maximum atomic E-state index is 13.6. The van der Waals surface area contributed by atoms with Crippen LogP contribution in [0.2, 0.25) is 0 Å². The number of hydrogen-bond donors (Lipinski definition) is 0. The van der Waals surface area contributed by atoms with Gasteiger partial charge in [0, 0.05) is 11.8 Å². The molecule has 0 aliphatic carbocycles. The van der Waals surface area contributed by atoms with Gasteiger partial charge in [-0.2, -0.15) is 0 Å². The standard InChI is InChI=1S/C23H16ClNO2/c24-23(18-12-6-2-7-13-18)21(26)16-20(17-10-4-1-5-11-17)25(22(23)27)19-14-8-3-9-15-19/h1-16H/t23-/m1/s1. The van der Waals surface area contributed by atoms with E-state index >= 15 is 0 Å². The van der Waals surface area contributed by atoms with Gasteiger partial charge in [0.15, 0.2) is 5.78 Å². The van der Waals surface area contributed by atoms with Crippen LogP contribution in [0.3, 0.4) is 0 Å². The van der Waals surface area contributed by atoms with Crippen molar-refractivity contribution in [2.75, 3.05) is 4.90 Å². The van der Waals surface area contributed by atoms with Gasteiger partial charge in [0.05, 0.1) is 5.70 Å². The molecule has 0 bridgehead atoms. The van der Waals surface area contributed by atoms with Crippen molar-refractivity contribution in [1.82, 2.24) is 0 Å². The van der Waals surface area contributed by atoms with E-state index < -0.39 is 16.6 Å². The second kappa shape index (κ2) is 6.86. The van der Waals surface area contributed by atoms with E-state index in [9.17, 15) is 9.59 Å². The lowest BCUT2D eigenvalue weighted by molar-refractivity contribution is -0.128. The number of anilines is 1. The highest BCUT2D eigenvalue weighted by Gasteiger charge is 2.51. The summed E-state index contributed by atoms with van der Waals surface area (Å²) in [6.07, 6.45) is 1.46. The third-order valence-electron chi connectivity index (χ3n) is 4.60. The lowest BCUT2D eigenvalue weighted by Crippen LogP contribution is -2.51. The lowest BCUT2D eigenvalue weighted by atomic mass is 9.87. The van der Waals surface area contributed by atoms with Crippen molar-refractivity contribution < 1.29 is 9.59 Å². The van der Waals surface area contributed by atoms with Crippen molar-refractivity contribution in [3.8, 4) is 0 Å². The van der Waals surface area contributed by atoms with Crippen molar-refractivity contribution in [3.63, 3.8) is 0 Å². The minimum Gasteiger partial charge on any atom is -0.292 e. The van der Waals surface area contributed by atoms with Crippen LogP contribution in [-0.2, 0) is 14.5 Å². The Balaban J connectivity index is 1.94. The Kier molecular flexibility index (Phi) is 4.38. The monoisotopic (exact) mass is 373 g/mol. The summed E-state index contributed by atoms with van der Waals surface area (Å²) in [5.41, 5.74) is 2.41. The summed E-state index contributed by atoms with van der Waals surface area (Å²) in [5.74, 6) is -0.917. The molecule has 0 unspecified atom stereocenters. The molecule has 132 valence electrons. The molecule has 0 radical (unpaired) electrons. The summed E-state index contributed by atoms with van der Waals surface area (Å²) < 4.78 is 0. The van der Waals surface area contributed by atoms with E-state index in [4.69, 9.17) is 11.6 Å². The minimum absolute atomic E-state index is 0.439. The molecule has 0 saturated carbocycles. The molecule has 3 nitrogen and oxygen atoms in total. The first kappa shape index (κ1) is 17.3. The second-order valence-electron chi connectivity index (χ2n) is 6.26. The van der Waals surface area contributed by atoms with E-state index in [1.807, 2.05) is 66.7 Å². The maximum Gasteiger partial charge on any atom is 0.265 e. The summed E-state index contributed by atoms with van der Waals surface area (Å²) in [6.45, 7) is 0. The molecule has 3 aromatic rings. The second-order valence-corrected chi connectivity index (χ2v) is 6.83. The number of alkyl halides is 1. The van der Waals surface area contributed by atoms with Crippen LogP contribution in [0.25, 0.3) is 5.70 Å². The molecule has 0 N–H and O–H groups in total. The van der Waals surface area contributed by atoms with Crippen molar-refractivity contribution in [2.45, 2.75) is 4.87 Å². The molecule has 4 heteroatoms.